The molecule has 1 aliphatic heterocycles. The number of carbonyl (C=O) groups excluding carboxylic acids is 1. The molecule has 1 unspecified atom stereocenters. The maximum absolute atomic E-state index is 14.5. The predicted molar refractivity (Wildman–Crippen MR) is 200 cm³/mol. The number of aromatic nitrogens is 3. The van der Waals surface area contributed by atoms with Gasteiger partial charge in [-0.2, -0.15) is 5.10 Å². The van der Waals surface area contributed by atoms with Gasteiger partial charge >= 0.3 is 5.97 Å². The highest BCUT2D eigenvalue weighted by molar-refractivity contribution is 7.98. The highest BCUT2D eigenvalue weighted by Crippen LogP contribution is 2.34. The number of esters is 1. The van der Waals surface area contributed by atoms with E-state index in [0.29, 0.717) is 37.8 Å². The van der Waals surface area contributed by atoms with E-state index in [-0.39, 0.29) is 12.2 Å². The zero-order valence-electron chi connectivity index (χ0n) is 28.4. The normalized spacial score (nSPS) is 14.2. The van der Waals surface area contributed by atoms with Crippen molar-refractivity contribution in [3.05, 3.63) is 157 Å². The molecule has 9 nitrogen and oxygen atoms in total. The quantitative estimate of drug-likeness (QED) is 0.117. The molecule has 1 aliphatic rings. The maximum Gasteiger partial charge on any atom is 0.338 e. The van der Waals surface area contributed by atoms with Gasteiger partial charge in [0, 0.05) is 22.2 Å². The van der Waals surface area contributed by atoms with Gasteiger partial charge in [0.15, 0.2) is 16.3 Å². The molecule has 0 radical (unpaired) electrons. The summed E-state index contributed by atoms with van der Waals surface area (Å²) in [6.45, 7) is 1.89. The molecule has 0 aliphatic carbocycles. The van der Waals surface area contributed by atoms with Crippen LogP contribution < -0.4 is 24.4 Å². The van der Waals surface area contributed by atoms with Crippen molar-refractivity contribution in [2.24, 2.45) is 4.99 Å². The molecular formula is C40H34N4O5S2. The second-order valence-electron chi connectivity index (χ2n) is 11.7. The summed E-state index contributed by atoms with van der Waals surface area (Å²) < 4.78 is 20.7. The molecular weight excluding hydrogens is 681 g/mol. The third-order valence-corrected chi connectivity index (χ3v) is 10.3. The Morgan fingerprint density at radius 1 is 0.922 bits per heavy atom. The van der Waals surface area contributed by atoms with Gasteiger partial charge < -0.3 is 14.2 Å². The van der Waals surface area contributed by atoms with Crippen molar-refractivity contribution in [2.45, 2.75) is 24.5 Å². The summed E-state index contributed by atoms with van der Waals surface area (Å²) in [5, 5.41) is 4.95. The summed E-state index contributed by atoms with van der Waals surface area (Å²) in [7, 11) is 3.18. The summed E-state index contributed by atoms with van der Waals surface area (Å²) in [5.41, 5.74) is 5.22. The topological polar surface area (TPSA) is 96.9 Å². The average Bonchev–Trinajstić information content (AvgIpc) is 3.73. The van der Waals surface area contributed by atoms with Crippen molar-refractivity contribution in [1.29, 1.82) is 0 Å². The van der Waals surface area contributed by atoms with Gasteiger partial charge in [0.05, 0.1) is 41.8 Å². The molecule has 0 fully saturated rings. The Labute approximate surface area is 302 Å². The van der Waals surface area contributed by atoms with E-state index < -0.39 is 12.0 Å². The summed E-state index contributed by atoms with van der Waals surface area (Å²) in [5.74, 6) is 0.634. The number of thioether (sulfide) groups is 1. The Balaban J connectivity index is 1.37. The number of nitrogens with zero attached hydrogens (tertiary/aromatic N) is 4. The molecule has 0 spiro atoms. The molecule has 6 aromatic rings. The fraction of sp³-hybridized carbons (Fsp3) is 0.150. The van der Waals surface area contributed by atoms with Crippen LogP contribution in [-0.2, 0) is 16.1 Å². The number of hydrogen-bond donors (Lipinski definition) is 0. The van der Waals surface area contributed by atoms with Crippen molar-refractivity contribution in [1.82, 2.24) is 14.3 Å². The summed E-state index contributed by atoms with van der Waals surface area (Å²) in [6, 6.07) is 32.0. The van der Waals surface area contributed by atoms with Gasteiger partial charge in [-0.15, -0.1) is 11.8 Å². The van der Waals surface area contributed by atoms with Gasteiger partial charge in [-0.1, -0.05) is 72.0 Å². The number of hydrogen-bond acceptors (Lipinski definition) is 9. The predicted octanol–water partition coefficient (Wildman–Crippen LogP) is 6.57. The highest BCUT2D eigenvalue weighted by Gasteiger charge is 2.33. The lowest BCUT2D eigenvalue weighted by Crippen LogP contribution is -2.39. The van der Waals surface area contributed by atoms with Gasteiger partial charge in [-0.25, -0.2) is 14.5 Å². The van der Waals surface area contributed by atoms with Crippen molar-refractivity contribution in [3.63, 3.8) is 0 Å². The second-order valence-corrected chi connectivity index (χ2v) is 13.6. The van der Waals surface area contributed by atoms with Gasteiger partial charge in [0.25, 0.3) is 5.56 Å². The van der Waals surface area contributed by atoms with E-state index in [2.05, 4.69) is 0 Å². The maximum atomic E-state index is 14.5. The van der Waals surface area contributed by atoms with Crippen LogP contribution in [0.4, 0.5) is 0 Å². The molecule has 11 heteroatoms. The second kappa shape index (κ2) is 14.7. The molecule has 1 atom stereocenters. The summed E-state index contributed by atoms with van der Waals surface area (Å²) >= 11 is 2.89. The number of ether oxygens (including phenoxy) is 3. The smallest absolute Gasteiger partial charge is 0.338 e. The fourth-order valence-corrected chi connectivity index (χ4v) is 7.49. The first-order valence-electron chi connectivity index (χ1n) is 16.1. The van der Waals surface area contributed by atoms with Crippen LogP contribution in [0, 0.1) is 0 Å². The minimum atomic E-state index is -0.736. The summed E-state index contributed by atoms with van der Waals surface area (Å²) in [6.07, 6.45) is 5.74. The van der Waals surface area contributed by atoms with Crippen LogP contribution in [0.15, 0.2) is 135 Å². The first kappa shape index (κ1) is 33.8. The molecule has 0 N–H and O–H groups in total. The molecule has 2 aromatic heterocycles. The Morgan fingerprint density at radius 3 is 2.31 bits per heavy atom. The average molecular weight is 715 g/mol. The molecule has 0 amide bonds. The number of benzene rings is 4. The zero-order valence-corrected chi connectivity index (χ0v) is 30.0. The molecule has 0 saturated heterocycles. The van der Waals surface area contributed by atoms with Gasteiger partial charge in [0.2, 0.25) is 0 Å². The zero-order chi connectivity index (χ0) is 35.5. The third kappa shape index (κ3) is 6.78. The van der Waals surface area contributed by atoms with E-state index in [4.69, 9.17) is 24.3 Å². The SMILES string of the molecule is COc1ccc(-c2nn(-c3ccccc3)cc2C=c2sc3n(c2=O)C(c2ccc(SC)cc2)C(C(=O)OCc2ccccc2)=C(C)N=3)cc1OC. The largest absolute Gasteiger partial charge is 0.493 e. The molecule has 3 heterocycles. The van der Waals surface area contributed by atoms with Crippen molar-refractivity contribution in [3.8, 4) is 28.4 Å². The molecule has 256 valence electrons. The first-order valence-corrected chi connectivity index (χ1v) is 18.2. The molecule has 0 bridgehead atoms. The summed E-state index contributed by atoms with van der Waals surface area (Å²) in [4.78, 5) is 34.7. The standard InChI is InChI=1S/C40H34N4O5S2/c1-25-35(39(46)49-24-26-11-7-5-8-12-26)37(27-15-18-31(50-4)19-16-27)44-38(45)34(51-40(44)41-25)22-29-23-43(30-13-9-6-10-14-30)42-36(29)28-17-20-32(47-2)33(21-28)48-3/h5-23,37H,24H2,1-4H3. The van der Waals surface area contributed by atoms with Gasteiger partial charge in [-0.05, 0) is 72.8 Å². The lowest BCUT2D eigenvalue weighted by molar-refractivity contribution is -0.140. The number of methoxy groups -OCH3 is 2. The van der Waals surface area contributed by atoms with E-state index in [1.807, 2.05) is 122 Å². The lowest BCUT2D eigenvalue weighted by Gasteiger charge is -2.25. The van der Waals surface area contributed by atoms with E-state index >= 15 is 0 Å². The number of allylic oxidation sites excluding steroid dienone is 1. The van der Waals surface area contributed by atoms with E-state index in [0.717, 1.165) is 32.8 Å². The number of rotatable bonds is 10. The van der Waals surface area contributed by atoms with E-state index in [1.165, 1.54) is 11.3 Å². The van der Waals surface area contributed by atoms with Crippen LogP contribution in [0.1, 0.15) is 29.7 Å². The molecule has 7 rings (SSSR count). The van der Waals surface area contributed by atoms with Crippen molar-refractivity contribution >= 4 is 35.1 Å². The highest BCUT2D eigenvalue weighted by atomic mass is 32.2. The molecule has 4 aromatic carbocycles. The number of fused-ring (bicyclic) bond motifs is 1. The lowest BCUT2D eigenvalue weighted by atomic mass is 9.96. The number of para-hydroxylation sites is 1. The fourth-order valence-electron chi connectivity index (χ4n) is 6.04. The van der Waals surface area contributed by atoms with E-state index in [1.54, 1.807) is 42.2 Å². The molecule has 51 heavy (non-hydrogen) atoms. The Hall–Kier alpha value is -5.65. The van der Waals surface area contributed by atoms with Crippen LogP contribution in [0.2, 0.25) is 0 Å². The van der Waals surface area contributed by atoms with Crippen LogP contribution in [0.5, 0.6) is 11.5 Å². The minimum Gasteiger partial charge on any atom is -0.493 e. The van der Waals surface area contributed by atoms with Crippen LogP contribution in [0.25, 0.3) is 23.0 Å². The van der Waals surface area contributed by atoms with Gasteiger partial charge in [-0.3, -0.25) is 9.36 Å². The van der Waals surface area contributed by atoms with Crippen LogP contribution >= 0.6 is 23.1 Å². The number of thiazole rings is 1. The third-order valence-electron chi connectivity index (χ3n) is 8.59. The minimum absolute atomic E-state index is 0.101. The van der Waals surface area contributed by atoms with Crippen LogP contribution in [0.3, 0.4) is 0 Å². The van der Waals surface area contributed by atoms with Crippen molar-refractivity contribution < 1.29 is 19.0 Å². The Morgan fingerprint density at radius 2 is 1.63 bits per heavy atom. The van der Waals surface area contributed by atoms with E-state index in [9.17, 15) is 9.59 Å². The number of carbonyl (C=O) groups is 1. The monoisotopic (exact) mass is 714 g/mol. The van der Waals surface area contributed by atoms with Crippen molar-refractivity contribution in [2.75, 3.05) is 20.5 Å². The first-order chi connectivity index (χ1) is 24.9. The van der Waals surface area contributed by atoms with Gasteiger partial charge in [0.1, 0.15) is 12.3 Å². The Bertz CT molecular complexity index is 2430. The molecule has 0 saturated carbocycles. The Kier molecular flexibility index (Phi) is 9.74. The van der Waals surface area contributed by atoms with Crippen LogP contribution in [-0.4, -0.2) is 40.8 Å².